The summed E-state index contributed by atoms with van der Waals surface area (Å²) in [5.74, 6) is -0.649. The van der Waals surface area contributed by atoms with Crippen molar-refractivity contribution in [2.24, 2.45) is 0 Å². The highest BCUT2D eigenvalue weighted by atomic mass is 35.5. The number of hydrogen-bond donors (Lipinski definition) is 2. The number of benzene rings is 2. The van der Waals surface area contributed by atoms with E-state index in [9.17, 15) is 9.18 Å². The van der Waals surface area contributed by atoms with E-state index in [1.165, 1.54) is 6.07 Å². The number of likely N-dealkylation sites (N-methyl/N-ethyl adjacent to an activating group) is 1. The zero-order chi connectivity index (χ0) is 16.1. The molecular formula is C17H19ClFN2O+. The van der Waals surface area contributed by atoms with Crippen LogP contribution in [0.2, 0.25) is 5.02 Å². The largest absolute Gasteiger partial charge is 0.326 e. The highest BCUT2D eigenvalue weighted by Gasteiger charge is 2.13. The monoisotopic (exact) mass is 321 g/mol. The van der Waals surface area contributed by atoms with Gasteiger partial charge in [0.15, 0.2) is 6.54 Å². The molecule has 0 heterocycles. The summed E-state index contributed by atoms with van der Waals surface area (Å²) in [6.45, 7) is 2.66. The number of carbonyl (C=O) groups excluding carboxylic acids is 1. The van der Waals surface area contributed by atoms with E-state index in [1.807, 2.05) is 31.3 Å². The second-order valence-corrected chi connectivity index (χ2v) is 5.84. The van der Waals surface area contributed by atoms with Crippen LogP contribution >= 0.6 is 11.6 Å². The van der Waals surface area contributed by atoms with Gasteiger partial charge in [0.25, 0.3) is 5.91 Å². The third-order valence-corrected chi connectivity index (χ3v) is 3.68. The van der Waals surface area contributed by atoms with Crippen LogP contribution in [0.1, 0.15) is 11.1 Å². The smallest absolute Gasteiger partial charge is 0.279 e. The van der Waals surface area contributed by atoms with Crippen molar-refractivity contribution in [2.75, 3.05) is 18.9 Å². The number of amides is 1. The lowest BCUT2D eigenvalue weighted by atomic mass is 10.2. The molecule has 2 N–H and O–H groups in total. The Hall–Kier alpha value is -1.91. The van der Waals surface area contributed by atoms with Gasteiger partial charge in [0.1, 0.15) is 12.4 Å². The fraction of sp³-hybridized carbons (Fsp3) is 0.235. The molecule has 0 aliphatic heterocycles. The van der Waals surface area contributed by atoms with Crippen molar-refractivity contribution in [3.8, 4) is 0 Å². The number of carbonyl (C=O) groups is 1. The van der Waals surface area contributed by atoms with Crippen molar-refractivity contribution in [2.45, 2.75) is 13.5 Å². The van der Waals surface area contributed by atoms with Crippen LogP contribution in [0.15, 0.2) is 42.5 Å². The van der Waals surface area contributed by atoms with Crippen molar-refractivity contribution in [3.05, 3.63) is 64.4 Å². The van der Waals surface area contributed by atoms with Crippen molar-refractivity contribution in [1.29, 1.82) is 0 Å². The van der Waals surface area contributed by atoms with E-state index in [0.29, 0.717) is 11.6 Å². The molecule has 0 aliphatic rings. The molecule has 2 aromatic carbocycles. The molecule has 1 atom stereocenters. The van der Waals surface area contributed by atoms with Crippen LogP contribution in [0, 0.1) is 12.7 Å². The lowest BCUT2D eigenvalue weighted by Crippen LogP contribution is -3.08. The van der Waals surface area contributed by atoms with Crippen LogP contribution < -0.4 is 10.2 Å². The van der Waals surface area contributed by atoms with E-state index in [2.05, 4.69) is 5.32 Å². The normalized spacial score (nSPS) is 12.0. The summed E-state index contributed by atoms with van der Waals surface area (Å²) in [6, 6.07) is 12.3. The lowest BCUT2D eigenvalue weighted by molar-refractivity contribution is -0.885. The van der Waals surface area contributed by atoms with Crippen molar-refractivity contribution in [1.82, 2.24) is 0 Å². The van der Waals surface area contributed by atoms with E-state index in [0.717, 1.165) is 16.0 Å². The van der Waals surface area contributed by atoms with Crippen LogP contribution in [-0.2, 0) is 11.3 Å². The molecule has 22 heavy (non-hydrogen) atoms. The SMILES string of the molecule is Cc1ccc(NC(=O)C[NH+](C)Cc2ccccc2Cl)c(F)c1. The Morgan fingerprint density at radius 3 is 2.68 bits per heavy atom. The zero-order valence-electron chi connectivity index (χ0n) is 12.6. The number of anilines is 1. The second kappa shape index (κ2) is 7.38. The Morgan fingerprint density at radius 1 is 1.27 bits per heavy atom. The summed E-state index contributed by atoms with van der Waals surface area (Å²) in [4.78, 5) is 13.0. The predicted molar refractivity (Wildman–Crippen MR) is 86.7 cm³/mol. The van der Waals surface area contributed by atoms with Gasteiger partial charge in [-0.15, -0.1) is 0 Å². The van der Waals surface area contributed by atoms with Gasteiger partial charge in [-0.2, -0.15) is 0 Å². The summed E-state index contributed by atoms with van der Waals surface area (Å²) >= 11 is 6.11. The summed E-state index contributed by atoms with van der Waals surface area (Å²) in [5, 5.41) is 3.29. The minimum atomic E-state index is -0.419. The van der Waals surface area contributed by atoms with E-state index < -0.39 is 5.82 Å². The number of halogens is 2. The molecule has 116 valence electrons. The topological polar surface area (TPSA) is 33.5 Å². The first-order chi connectivity index (χ1) is 10.5. The number of hydrogen-bond acceptors (Lipinski definition) is 1. The molecule has 0 aromatic heterocycles. The van der Waals surface area contributed by atoms with Crippen LogP contribution in [0.5, 0.6) is 0 Å². The Morgan fingerprint density at radius 2 is 2.00 bits per heavy atom. The fourth-order valence-corrected chi connectivity index (χ4v) is 2.42. The minimum Gasteiger partial charge on any atom is -0.326 e. The second-order valence-electron chi connectivity index (χ2n) is 5.43. The van der Waals surface area contributed by atoms with Crippen molar-refractivity contribution in [3.63, 3.8) is 0 Å². The average Bonchev–Trinajstić information content (AvgIpc) is 2.44. The summed E-state index contributed by atoms with van der Waals surface area (Å²) < 4.78 is 13.7. The molecule has 0 saturated heterocycles. The van der Waals surface area contributed by atoms with E-state index in [4.69, 9.17) is 11.6 Å². The molecule has 0 aliphatic carbocycles. The molecule has 0 spiro atoms. The molecule has 2 aromatic rings. The Labute approximate surface area is 134 Å². The number of rotatable bonds is 5. The number of aryl methyl sites for hydroxylation is 1. The maximum atomic E-state index is 13.7. The van der Waals surface area contributed by atoms with E-state index in [-0.39, 0.29) is 18.1 Å². The van der Waals surface area contributed by atoms with Gasteiger partial charge in [-0.3, -0.25) is 4.79 Å². The number of quaternary nitrogens is 1. The Bertz CT molecular complexity index is 675. The van der Waals surface area contributed by atoms with Crippen LogP contribution in [0.3, 0.4) is 0 Å². The van der Waals surface area contributed by atoms with Gasteiger partial charge in [0.05, 0.1) is 12.7 Å². The molecule has 0 fully saturated rings. The van der Waals surface area contributed by atoms with Crippen molar-refractivity contribution < 1.29 is 14.1 Å². The summed E-state index contributed by atoms with van der Waals surface area (Å²) in [7, 11) is 1.90. The van der Waals surface area contributed by atoms with Gasteiger partial charge in [0, 0.05) is 10.6 Å². The van der Waals surface area contributed by atoms with Crippen LogP contribution in [0.25, 0.3) is 0 Å². The first kappa shape index (κ1) is 16.5. The average molecular weight is 322 g/mol. The Kier molecular flexibility index (Phi) is 5.52. The molecule has 2 rings (SSSR count). The van der Waals surface area contributed by atoms with Crippen LogP contribution in [-0.4, -0.2) is 19.5 Å². The molecule has 1 amide bonds. The number of nitrogens with one attached hydrogen (secondary N) is 2. The van der Waals surface area contributed by atoms with Gasteiger partial charge in [-0.25, -0.2) is 4.39 Å². The molecule has 0 bridgehead atoms. The molecule has 1 unspecified atom stereocenters. The van der Waals surface area contributed by atoms with Crippen LogP contribution in [0.4, 0.5) is 10.1 Å². The van der Waals surface area contributed by atoms with Gasteiger partial charge >= 0.3 is 0 Å². The molecule has 5 heteroatoms. The standard InChI is InChI=1S/C17H18ClFN2O/c1-12-7-8-16(15(19)9-12)20-17(22)11-21(2)10-13-5-3-4-6-14(13)18/h3-9H,10-11H2,1-2H3,(H,20,22)/p+1. The van der Waals surface area contributed by atoms with Gasteiger partial charge in [-0.1, -0.05) is 35.9 Å². The maximum absolute atomic E-state index is 13.7. The predicted octanol–water partition coefficient (Wildman–Crippen LogP) is 2.44. The molecular weight excluding hydrogens is 303 g/mol. The van der Waals surface area contributed by atoms with Crippen molar-refractivity contribution >= 4 is 23.2 Å². The Balaban J connectivity index is 1.93. The first-order valence-electron chi connectivity index (χ1n) is 7.06. The zero-order valence-corrected chi connectivity index (χ0v) is 13.4. The quantitative estimate of drug-likeness (QED) is 0.871. The first-order valence-corrected chi connectivity index (χ1v) is 7.44. The highest BCUT2D eigenvalue weighted by Crippen LogP contribution is 2.15. The maximum Gasteiger partial charge on any atom is 0.279 e. The van der Waals surface area contributed by atoms with E-state index in [1.54, 1.807) is 19.1 Å². The molecule has 0 radical (unpaired) electrons. The lowest BCUT2D eigenvalue weighted by Gasteiger charge is -2.15. The van der Waals surface area contributed by atoms with E-state index >= 15 is 0 Å². The van der Waals surface area contributed by atoms with Gasteiger partial charge < -0.3 is 10.2 Å². The molecule has 3 nitrogen and oxygen atoms in total. The molecule has 0 saturated carbocycles. The van der Waals surface area contributed by atoms with Gasteiger partial charge in [0.2, 0.25) is 0 Å². The summed E-state index contributed by atoms with van der Waals surface area (Å²) in [5.41, 5.74) is 2.01. The minimum absolute atomic E-state index is 0.209. The third-order valence-electron chi connectivity index (χ3n) is 3.31. The summed E-state index contributed by atoms with van der Waals surface area (Å²) in [6.07, 6.45) is 0. The van der Waals surface area contributed by atoms with Gasteiger partial charge in [-0.05, 0) is 30.7 Å². The highest BCUT2D eigenvalue weighted by molar-refractivity contribution is 6.31. The fourth-order valence-electron chi connectivity index (χ4n) is 2.22. The third kappa shape index (κ3) is 4.55.